The number of carbonyl (C=O) groups is 1. The molecule has 110 valence electrons. The maximum Gasteiger partial charge on any atom is 0.305 e. The molecule has 0 aliphatic heterocycles. The van der Waals surface area contributed by atoms with Gasteiger partial charge >= 0.3 is 5.69 Å². The number of carbonyl (C=O) groups excluding carboxylic acids is 1. The molecular weight excluding hydrogens is 292 g/mol. The minimum atomic E-state index is -0.556. The van der Waals surface area contributed by atoms with Gasteiger partial charge in [0.1, 0.15) is 11.3 Å². The number of hydrogen-bond donors (Lipinski definition) is 2. The number of anilines is 2. The van der Waals surface area contributed by atoms with E-state index in [-0.39, 0.29) is 11.3 Å². The predicted molar refractivity (Wildman–Crippen MR) is 82.1 cm³/mol. The van der Waals surface area contributed by atoms with Gasteiger partial charge < -0.3 is 5.32 Å². The van der Waals surface area contributed by atoms with Crippen molar-refractivity contribution in [2.24, 2.45) is 0 Å². The van der Waals surface area contributed by atoms with Gasteiger partial charge in [-0.3, -0.25) is 20.2 Å². The summed E-state index contributed by atoms with van der Waals surface area (Å²) in [7, 11) is 0. The van der Waals surface area contributed by atoms with Gasteiger partial charge in [0, 0.05) is 11.9 Å². The number of para-hydroxylation sites is 1. The Labute approximate surface area is 125 Å². The molecular formula is C13H14N4O3S. The summed E-state index contributed by atoms with van der Waals surface area (Å²) in [6.45, 7) is 4.16. The van der Waals surface area contributed by atoms with Crippen LogP contribution in [0.25, 0.3) is 0 Å². The predicted octanol–water partition coefficient (Wildman–Crippen LogP) is 3.04. The van der Waals surface area contributed by atoms with Crippen molar-refractivity contribution in [3.63, 3.8) is 0 Å². The third-order valence-corrected chi connectivity index (χ3v) is 3.55. The molecule has 0 fully saturated rings. The minimum absolute atomic E-state index is 0.00584. The molecule has 0 atom stereocenters. The van der Waals surface area contributed by atoms with Crippen molar-refractivity contribution in [1.29, 1.82) is 0 Å². The molecule has 2 rings (SSSR count). The summed E-state index contributed by atoms with van der Waals surface area (Å²) in [6.07, 6.45) is 0. The molecule has 21 heavy (non-hydrogen) atoms. The van der Waals surface area contributed by atoms with Gasteiger partial charge in [0.2, 0.25) is 0 Å². The summed E-state index contributed by atoms with van der Waals surface area (Å²) in [5.41, 5.74) is 0.883. The first-order chi connectivity index (χ1) is 10.0. The highest BCUT2D eigenvalue weighted by Gasteiger charge is 2.24. The Kier molecular flexibility index (Phi) is 4.49. The van der Waals surface area contributed by atoms with Gasteiger partial charge in [0.25, 0.3) is 5.91 Å². The number of nitro groups is 1. The molecule has 0 aliphatic rings. The zero-order valence-corrected chi connectivity index (χ0v) is 12.4. The Morgan fingerprint density at radius 1 is 1.48 bits per heavy atom. The molecule has 2 aromatic rings. The van der Waals surface area contributed by atoms with Crippen LogP contribution in [-0.4, -0.2) is 22.4 Å². The average Bonchev–Trinajstić information content (AvgIpc) is 2.84. The second kappa shape index (κ2) is 6.31. The number of amides is 1. The highest BCUT2D eigenvalue weighted by atomic mass is 32.1. The van der Waals surface area contributed by atoms with Crippen LogP contribution in [0.5, 0.6) is 0 Å². The van der Waals surface area contributed by atoms with Crippen LogP contribution in [0.3, 0.4) is 0 Å². The molecule has 0 spiro atoms. The molecule has 7 nitrogen and oxygen atoms in total. The van der Waals surface area contributed by atoms with E-state index >= 15 is 0 Å². The molecule has 2 N–H and O–H groups in total. The van der Waals surface area contributed by atoms with E-state index in [2.05, 4.69) is 15.6 Å². The van der Waals surface area contributed by atoms with Gasteiger partial charge in [0.15, 0.2) is 5.13 Å². The first kappa shape index (κ1) is 14.9. The molecule has 0 aliphatic carbocycles. The van der Waals surface area contributed by atoms with Crippen LogP contribution in [0.1, 0.15) is 23.0 Å². The monoisotopic (exact) mass is 306 g/mol. The van der Waals surface area contributed by atoms with Gasteiger partial charge in [-0.05, 0) is 26.0 Å². The van der Waals surface area contributed by atoms with E-state index < -0.39 is 10.8 Å². The lowest BCUT2D eigenvalue weighted by Crippen LogP contribution is -2.15. The lowest BCUT2D eigenvalue weighted by molar-refractivity contribution is -0.384. The zero-order chi connectivity index (χ0) is 15.4. The molecule has 1 aromatic heterocycles. The Morgan fingerprint density at radius 3 is 2.81 bits per heavy atom. The number of nitro benzene ring substituents is 1. The minimum Gasteiger partial charge on any atom is -0.380 e. The number of aromatic nitrogens is 1. The van der Waals surface area contributed by atoms with E-state index in [0.29, 0.717) is 17.4 Å². The van der Waals surface area contributed by atoms with Gasteiger partial charge in [-0.1, -0.05) is 6.07 Å². The largest absolute Gasteiger partial charge is 0.380 e. The number of rotatable bonds is 5. The zero-order valence-electron chi connectivity index (χ0n) is 11.5. The van der Waals surface area contributed by atoms with Crippen molar-refractivity contribution in [2.45, 2.75) is 13.8 Å². The molecule has 1 heterocycles. The summed E-state index contributed by atoms with van der Waals surface area (Å²) in [5.74, 6) is -0.546. The van der Waals surface area contributed by atoms with Crippen molar-refractivity contribution < 1.29 is 9.72 Å². The van der Waals surface area contributed by atoms with Crippen LogP contribution in [0.15, 0.2) is 23.6 Å². The molecule has 1 aromatic carbocycles. The number of nitrogens with zero attached hydrogens (tertiary/aromatic N) is 2. The lowest BCUT2D eigenvalue weighted by atomic mass is 10.1. The number of nitrogens with one attached hydrogen (secondary N) is 2. The van der Waals surface area contributed by atoms with E-state index in [1.807, 2.05) is 6.92 Å². The van der Waals surface area contributed by atoms with E-state index in [9.17, 15) is 14.9 Å². The molecule has 0 saturated carbocycles. The first-order valence-corrected chi connectivity index (χ1v) is 7.15. The van der Waals surface area contributed by atoms with Crippen LogP contribution in [-0.2, 0) is 0 Å². The number of aryl methyl sites for hydroxylation is 1. The van der Waals surface area contributed by atoms with Crippen LogP contribution in [0, 0.1) is 17.0 Å². The fourth-order valence-corrected chi connectivity index (χ4v) is 2.52. The van der Waals surface area contributed by atoms with Crippen LogP contribution >= 0.6 is 11.3 Å². The SMILES string of the molecule is CCNc1cccc(C(=O)Nc2nc(C)cs2)c1[N+](=O)[O-]. The fourth-order valence-electron chi connectivity index (χ4n) is 1.83. The second-order valence-electron chi connectivity index (χ2n) is 4.24. The maximum atomic E-state index is 12.2. The Balaban J connectivity index is 2.35. The first-order valence-electron chi connectivity index (χ1n) is 6.27. The molecule has 0 unspecified atom stereocenters. The molecule has 8 heteroatoms. The quantitative estimate of drug-likeness (QED) is 0.653. The van der Waals surface area contributed by atoms with Crippen LogP contribution in [0.2, 0.25) is 0 Å². The normalized spacial score (nSPS) is 10.2. The number of thiazole rings is 1. The molecule has 0 saturated heterocycles. The highest BCUT2D eigenvalue weighted by molar-refractivity contribution is 7.13. The topological polar surface area (TPSA) is 97.2 Å². The summed E-state index contributed by atoms with van der Waals surface area (Å²) < 4.78 is 0. The molecule has 1 amide bonds. The van der Waals surface area contributed by atoms with Crippen LogP contribution in [0.4, 0.5) is 16.5 Å². The van der Waals surface area contributed by atoms with Gasteiger partial charge in [-0.15, -0.1) is 11.3 Å². The maximum absolute atomic E-state index is 12.2. The van der Waals surface area contributed by atoms with Crippen LogP contribution < -0.4 is 10.6 Å². The van der Waals surface area contributed by atoms with Gasteiger partial charge in [-0.25, -0.2) is 4.98 Å². The van der Waals surface area contributed by atoms with E-state index in [4.69, 9.17) is 0 Å². The Hall–Kier alpha value is -2.48. The van der Waals surface area contributed by atoms with Crippen molar-refractivity contribution in [3.05, 3.63) is 45.0 Å². The van der Waals surface area contributed by atoms with E-state index in [1.54, 1.807) is 24.4 Å². The average molecular weight is 306 g/mol. The summed E-state index contributed by atoms with van der Waals surface area (Å²) in [5, 5.41) is 18.9. The summed E-state index contributed by atoms with van der Waals surface area (Å²) in [4.78, 5) is 27.0. The summed E-state index contributed by atoms with van der Waals surface area (Å²) >= 11 is 1.27. The standard InChI is InChI=1S/C13H14N4O3S/c1-3-14-10-6-4-5-9(11(10)17(19)20)12(18)16-13-15-8(2)7-21-13/h4-7,14H,3H2,1-2H3,(H,15,16,18). The van der Waals surface area contributed by atoms with Crippen molar-refractivity contribution in [1.82, 2.24) is 4.98 Å². The number of benzene rings is 1. The Bertz CT molecular complexity index is 684. The van der Waals surface area contributed by atoms with Crippen molar-refractivity contribution in [3.8, 4) is 0 Å². The van der Waals surface area contributed by atoms with Gasteiger partial charge in [0.05, 0.1) is 10.6 Å². The highest BCUT2D eigenvalue weighted by Crippen LogP contribution is 2.29. The van der Waals surface area contributed by atoms with Crippen molar-refractivity contribution >= 4 is 33.8 Å². The van der Waals surface area contributed by atoms with E-state index in [1.165, 1.54) is 17.4 Å². The smallest absolute Gasteiger partial charge is 0.305 e. The van der Waals surface area contributed by atoms with E-state index in [0.717, 1.165) is 5.69 Å². The van der Waals surface area contributed by atoms with Gasteiger partial charge in [-0.2, -0.15) is 0 Å². The summed E-state index contributed by atoms with van der Waals surface area (Å²) in [6, 6.07) is 4.60. The fraction of sp³-hybridized carbons (Fsp3) is 0.231. The third-order valence-electron chi connectivity index (χ3n) is 2.67. The van der Waals surface area contributed by atoms with Crippen molar-refractivity contribution in [2.75, 3.05) is 17.2 Å². The Morgan fingerprint density at radius 2 is 2.24 bits per heavy atom. The molecule has 0 bridgehead atoms. The number of hydrogen-bond acceptors (Lipinski definition) is 6. The molecule has 0 radical (unpaired) electrons. The third kappa shape index (κ3) is 3.34. The second-order valence-corrected chi connectivity index (χ2v) is 5.10. The lowest BCUT2D eigenvalue weighted by Gasteiger charge is -2.08.